The second-order valence-electron chi connectivity index (χ2n) is 1.01. The van der Waals surface area contributed by atoms with Crippen LogP contribution in [0.1, 0.15) is 0 Å². The molecule has 0 heterocycles. The van der Waals surface area contributed by atoms with Crippen molar-refractivity contribution in [3.63, 3.8) is 0 Å². The van der Waals surface area contributed by atoms with Crippen LogP contribution in [0.2, 0.25) is 0 Å². The second kappa shape index (κ2) is 3.12. The Hall–Kier alpha value is -0.168. The maximum Gasteiger partial charge on any atom is 0.772 e. The van der Waals surface area contributed by atoms with Crippen molar-refractivity contribution >= 4 is 25.0 Å². The van der Waals surface area contributed by atoms with Crippen molar-refractivity contribution in [2.45, 2.75) is 0 Å². The Balaban J connectivity index is 3.88. The molecule has 0 aromatic carbocycles. The van der Waals surface area contributed by atoms with E-state index in [9.17, 15) is 9.03 Å². The highest BCUT2D eigenvalue weighted by molar-refractivity contribution is 7.49. The molecule has 0 saturated heterocycles. The fourth-order valence-electron chi connectivity index (χ4n) is 0.136. The molecule has 0 amide bonds. The molecule has 1 unspecified atom stereocenters. The van der Waals surface area contributed by atoms with Crippen molar-refractivity contribution < 1.29 is 27.4 Å². The molecule has 0 aliphatic rings. The summed E-state index contributed by atoms with van der Waals surface area (Å²) in [6.45, 7) is 0. The Bertz CT molecular complexity index is 153. The Morgan fingerprint density at radius 1 is 1.67 bits per heavy atom. The molecule has 0 rings (SSSR count). The average molecular weight is 170 g/mol. The lowest BCUT2D eigenvalue weighted by Gasteiger charge is -2.04. The van der Waals surface area contributed by atoms with E-state index in [1.807, 2.05) is 0 Å². The van der Waals surface area contributed by atoms with Gasteiger partial charge in [-0.2, -0.15) is 0 Å². The van der Waals surface area contributed by atoms with Gasteiger partial charge in [0.1, 0.15) is 0 Å². The number of hydrogen-bond acceptors (Lipinski definition) is 4. The molecular weight excluding hydrogens is 166 g/mol. The van der Waals surface area contributed by atoms with Crippen LogP contribution in [-0.2, 0) is 17.7 Å². The summed E-state index contributed by atoms with van der Waals surface area (Å²) in [5, 5.41) is 0. The molecule has 6 nitrogen and oxygen atoms in total. The molecule has 0 spiro atoms. The quantitative estimate of drug-likeness (QED) is 0.378. The van der Waals surface area contributed by atoms with Crippen LogP contribution in [0.25, 0.3) is 0 Å². The highest BCUT2D eigenvalue weighted by atomic mass is 31.2. The summed E-state index contributed by atoms with van der Waals surface area (Å²) in [5.41, 5.74) is 0. The van der Waals surface area contributed by atoms with Crippen molar-refractivity contribution in [2.75, 3.05) is 0 Å². The van der Waals surface area contributed by atoms with E-state index >= 15 is 0 Å². The van der Waals surface area contributed by atoms with E-state index in [2.05, 4.69) is 8.65 Å². The number of rotatable bonds is 3. The molecular formula is H4BO6PSi. The van der Waals surface area contributed by atoms with Crippen LogP contribution in [0.15, 0.2) is 0 Å². The van der Waals surface area contributed by atoms with Gasteiger partial charge in [-0.3, -0.25) is 9.36 Å². The summed E-state index contributed by atoms with van der Waals surface area (Å²) >= 11 is 0. The maximum absolute atomic E-state index is 10.2. The first-order chi connectivity index (χ1) is 3.98. The van der Waals surface area contributed by atoms with E-state index < -0.39 is 17.0 Å². The van der Waals surface area contributed by atoms with Gasteiger partial charge in [0.25, 0.3) is 8.05 Å². The standard InChI is InChI=1S/BH4O6PSi/c1-6-8(2,3)7-9(4)5/h4H,1H2,(H,2,3). The third-order valence-corrected chi connectivity index (χ3v) is 2.43. The first-order valence-electron chi connectivity index (χ1n) is 1.79. The van der Waals surface area contributed by atoms with E-state index in [4.69, 9.17) is 9.69 Å². The molecule has 52 valence electrons. The largest absolute Gasteiger partial charge is 0.772 e. The summed E-state index contributed by atoms with van der Waals surface area (Å²) in [6.07, 6.45) is 0. The number of hydrogen-bond donors (Lipinski definition) is 2. The van der Waals surface area contributed by atoms with Gasteiger partial charge in [-0.1, -0.05) is 0 Å². The van der Waals surface area contributed by atoms with E-state index in [-0.39, 0.29) is 0 Å². The topological polar surface area (TPSA) is 93.1 Å². The molecule has 0 aliphatic carbocycles. The zero-order valence-electron chi connectivity index (χ0n) is 4.47. The normalized spacial score (nSPS) is 16.1. The van der Waals surface area contributed by atoms with Gasteiger partial charge in [0.2, 0.25) is 0 Å². The van der Waals surface area contributed by atoms with Gasteiger partial charge >= 0.3 is 17.0 Å². The Kier molecular flexibility index (Phi) is 3.06. The lowest BCUT2D eigenvalue weighted by molar-refractivity contribution is 0.256. The summed E-state index contributed by atoms with van der Waals surface area (Å²) in [6, 6.07) is 0. The zero-order chi connectivity index (χ0) is 7.49. The van der Waals surface area contributed by atoms with Crippen LogP contribution in [0, 0.1) is 0 Å². The zero-order valence-corrected chi connectivity index (χ0v) is 6.37. The van der Waals surface area contributed by atoms with Crippen LogP contribution in [0.5, 0.6) is 0 Å². The highest BCUT2D eigenvalue weighted by Crippen LogP contribution is 2.40. The fraction of sp³-hybridized carbons (Fsp3) is 0. The molecule has 1 atom stereocenters. The third-order valence-electron chi connectivity index (χ3n) is 0.424. The minimum atomic E-state index is -4.25. The molecule has 0 radical (unpaired) electrons. The van der Waals surface area contributed by atoms with Crippen LogP contribution in [0.4, 0.5) is 0 Å². The second-order valence-corrected chi connectivity index (χ2v) is 3.57. The average Bonchev–Trinajstić information content (AvgIpc) is 1.63. The van der Waals surface area contributed by atoms with E-state index in [1.54, 1.807) is 0 Å². The molecule has 9 heavy (non-hydrogen) atoms. The van der Waals surface area contributed by atoms with Crippen LogP contribution >= 0.6 is 7.82 Å². The van der Waals surface area contributed by atoms with Gasteiger partial charge in [0.15, 0.2) is 0 Å². The highest BCUT2D eigenvalue weighted by Gasteiger charge is 2.24. The minimum Gasteiger partial charge on any atom is -0.511 e. The molecule has 0 bridgehead atoms. The lowest BCUT2D eigenvalue weighted by atomic mass is 10.6. The molecule has 0 fully saturated rings. The molecule has 9 heteroatoms. The van der Waals surface area contributed by atoms with Gasteiger partial charge in [0.05, 0.1) is 0 Å². The van der Waals surface area contributed by atoms with Crippen LogP contribution in [-0.4, -0.2) is 26.9 Å². The van der Waals surface area contributed by atoms with Gasteiger partial charge in [-0.25, -0.2) is 4.57 Å². The van der Waals surface area contributed by atoms with Crippen LogP contribution < -0.4 is 0 Å². The maximum atomic E-state index is 10.2. The monoisotopic (exact) mass is 170 g/mol. The molecule has 0 aromatic rings. The molecule has 0 aromatic heterocycles. The summed E-state index contributed by atoms with van der Waals surface area (Å²) in [5.74, 6) is 0. The summed E-state index contributed by atoms with van der Waals surface area (Å²) < 4.78 is 27.3. The Morgan fingerprint density at radius 3 is 2.22 bits per heavy atom. The first kappa shape index (κ1) is 8.83. The van der Waals surface area contributed by atoms with Crippen molar-refractivity contribution in [1.82, 2.24) is 0 Å². The predicted molar refractivity (Wildman–Crippen MR) is 29.2 cm³/mol. The SMILES string of the molecule is BOP(=O)(O)O[Si](=O)O. The van der Waals surface area contributed by atoms with Gasteiger partial charge < -0.3 is 13.4 Å². The summed E-state index contributed by atoms with van der Waals surface area (Å²) in [7, 11) is -6.74. The van der Waals surface area contributed by atoms with E-state index in [0.29, 0.717) is 0 Å². The van der Waals surface area contributed by atoms with E-state index in [0.717, 1.165) is 8.05 Å². The van der Waals surface area contributed by atoms with Crippen molar-refractivity contribution in [2.24, 2.45) is 0 Å². The minimum absolute atomic E-state index is 0.894. The van der Waals surface area contributed by atoms with E-state index in [1.165, 1.54) is 0 Å². The first-order valence-corrected chi connectivity index (χ1v) is 4.55. The van der Waals surface area contributed by atoms with Crippen molar-refractivity contribution in [3.05, 3.63) is 0 Å². The Morgan fingerprint density at radius 2 is 2.11 bits per heavy atom. The lowest BCUT2D eigenvalue weighted by Crippen LogP contribution is -2.03. The fourth-order valence-corrected chi connectivity index (χ4v) is 1.22. The van der Waals surface area contributed by atoms with Crippen LogP contribution in [0.3, 0.4) is 0 Å². The van der Waals surface area contributed by atoms with Crippen molar-refractivity contribution in [1.29, 1.82) is 0 Å². The number of phosphoric acid groups is 1. The molecule has 2 N–H and O–H groups in total. The molecule has 0 saturated carbocycles. The molecule has 0 aliphatic heterocycles. The van der Waals surface area contributed by atoms with Gasteiger partial charge in [-0.05, 0) is 0 Å². The van der Waals surface area contributed by atoms with Crippen molar-refractivity contribution in [3.8, 4) is 0 Å². The Labute approximate surface area is 53.4 Å². The third kappa shape index (κ3) is 4.34. The predicted octanol–water partition coefficient (Wildman–Crippen LogP) is -1.92. The smallest absolute Gasteiger partial charge is 0.511 e. The van der Waals surface area contributed by atoms with Gasteiger partial charge in [-0.15, -0.1) is 0 Å². The summed E-state index contributed by atoms with van der Waals surface area (Å²) in [4.78, 5) is 16.2. The van der Waals surface area contributed by atoms with Gasteiger partial charge in [0, 0.05) is 0 Å².